The molecule has 1 N–H and O–H groups in total. The molecule has 0 fully saturated rings. The minimum Gasteiger partial charge on any atom is -0.466 e. The minimum absolute atomic E-state index is 0.103. The fourth-order valence-electron chi connectivity index (χ4n) is 3.89. The van der Waals surface area contributed by atoms with Crippen molar-refractivity contribution in [3.63, 3.8) is 0 Å². The fraction of sp³-hybridized carbons (Fsp3) is 0.240. The van der Waals surface area contributed by atoms with E-state index >= 15 is 0 Å². The van der Waals surface area contributed by atoms with E-state index in [4.69, 9.17) is 0 Å². The molecule has 0 saturated heterocycles. The average Bonchev–Trinajstić information content (AvgIpc) is 3.46. The van der Waals surface area contributed by atoms with Crippen molar-refractivity contribution in [2.45, 2.75) is 31.7 Å². The first-order valence-electron chi connectivity index (χ1n) is 10.9. The Morgan fingerprint density at radius 2 is 1.89 bits per heavy atom. The molecule has 188 valence electrons. The summed E-state index contributed by atoms with van der Waals surface area (Å²) in [6.45, 7) is 1.32. The summed E-state index contributed by atoms with van der Waals surface area (Å²) in [6.07, 6.45) is 0.207. The van der Waals surface area contributed by atoms with Gasteiger partial charge in [-0.25, -0.2) is 13.9 Å². The zero-order valence-corrected chi connectivity index (χ0v) is 19.3. The molecule has 0 aliphatic rings. The highest BCUT2D eigenvalue weighted by Gasteiger charge is 2.55. The third-order valence-electron chi connectivity index (χ3n) is 5.87. The number of alkyl halides is 3. The first-order chi connectivity index (χ1) is 17.1. The first kappa shape index (κ1) is 25.1. The molecular weight excluding hydrogens is 480 g/mol. The van der Waals surface area contributed by atoms with Gasteiger partial charge < -0.3 is 14.2 Å². The number of halogens is 4. The monoisotopic (exact) mass is 502 g/mol. The van der Waals surface area contributed by atoms with Crippen molar-refractivity contribution >= 4 is 17.6 Å². The lowest BCUT2D eigenvalue weighted by Gasteiger charge is -2.26. The Balaban J connectivity index is 1.71. The molecule has 1 unspecified atom stereocenters. The Bertz CT molecular complexity index is 1420. The number of ether oxygens (including phenoxy) is 1. The van der Waals surface area contributed by atoms with Gasteiger partial charge in [0.05, 0.1) is 25.5 Å². The van der Waals surface area contributed by atoms with Gasteiger partial charge in [-0.3, -0.25) is 0 Å². The van der Waals surface area contributed by atoms with Crippen LogP contribution in [0.1, 0.15) is 30.2 Å². The molecule has 4 rings (SSSR count). The Morgan fingerprint density at radius 1 is 1.17 bits per heavy atom. The highest BCUT2D eigenvalue weighted by Crippen LogP contribution is 2.40. The maximum absolute atomic E-state index is 13.5. The number of rotatable bonds is 7. The number of esters is 1. The summed E-state index contributed by atoms with van der Waals surface area (Å²) in [5, 5.41) is 17.4. The van der Waals surface area contributed by atoms with E-state index in [9.17, 15) is 27.5 Å². The summed E-state index contributed by atoms with van der Waals surface area (Å²) >= 11 is 0. The van der Waals surface area contributed by atoms with E-state index in [-0.39, 0.29) is 12.4 Å². The van der Waals surface area contributed by atoms with Crippen LogP contribution in [0.15, 0.2) is 60.9 Å². The molecule has 36 heavy (non-hydrogen) atoms. The van der Waals surface area contributed by atoms with Crippen molar-refractivity contribution in [3.05, 3.63) is 83.6 Å². The van der Waals surface area contributed by atoms with Crippen LogP contribution in [-0.2, 0) is 21.7 Å². The highest BCUT2D eigenvalue weighted by molar-refractivity contribution is 5.90. The molecule has 0 saturated carbocycles. The number of carbonyl (C=O) groups excluding carboxylic acids is 1. The molecule has 7 nitrogen and oxygen atoms in total. The van der Waals surface area contributed by atoms with Gasteiger partial charge >= 0.3 is 12.1 Å². The van der Waals surface area contributed by atoms with E-state index in [0.29, 0.717) is 22.4 Å². The number of hydrogen-bond acceptors (Lipinski definition) is 5. The molecule has 3 heterocycles. The summed E-state index contributed by atoms with van der Waals surface area (Å²) in [5.41, 5.74) is -0.143. The van der Waals surface area contributed by atoms with Gasteiger partial charge in [0.1, 0.15) is 11.5 Å². The number of aliphatic hydroxyl groups is 1. The summed E-state index contributed by atoms with van der Waals surface area (Å²) < 4.78 is 61.3. The fourth-order valence-corrected chi connectivity index (χ4v) is 3.89. The van der Waals surface area contributed by atoms with Crippen molar-refractivity contribution in [2.75, 3.05) is 7.11 Å². The number of fused-ring (bicyclic) bond motifs is 1. The number of benzene rings is 1. The van der Waals surface area contributed by atoms with Gasteiger partial charge in [0, 0.05) is 23.4 Å². The number of methoxy groups -OCH3 is 1. The zero-order valence-electron chi connectivity index (χ0n) is 19.3. The molecule has 0 amide bonds. The molecule has 4 aromatic rings. The molecule has 0 radical (unpaired) electrons. The second-order valence-corrected chi connectivity index (χ2v) is 8.15. The zero-order chi connectivity index (χ0) is 26.1. The van der Waals surface area contributed by atoms with E-state index in [1.54, 1.807) is 36.5 Å². The van der Waals surface area contributed by atoms with Crippen LogP contribution >= 0.6 is 0 Å². The van der Waals surface area contributed by atoms with Crippen LogP contribution in [0.4, 0.5) is 17.6 Å². The van der Waals surface area contributed by atoms with Gasteiger partial charge in [0.15, 0.2) is 0 Å². The SMILES string of the molecule is CCC(O)(c1cn(Cc2ccn3c(-c4ccc(F)cc4)c(/C=C/C(=O)OC)cc3c2)nn1)C(F)(F)F. The van der Waals surface area contributed by atoms with Gasteiger partial charge in [0.2, 0.25) is 5.60 Å². The molecule has 1 aromatic carbocycles. The first-order valence-corrected chi connectivity index (χ1v) is 10.9. The molecule has 1 atom stereocenters. The van der Waals surface area contributed by atoms with Crippen LogP contribution in [0.5, 0.6) is 0 Å². The third kappa shape index (κ3) is 4.74. The van der Waals surface area contributed by atoms with Gasteiger partial charge in [-0.15, -0.1) is 5.10 Å². The van der Waals surface area contributed by atoms with Crippen molar-refractivity contribution < 1.29 is 32.2 Å². The van der Waals surface area contributed by atoms with E-state index in [1.165, 1.54) is 36.9 Å². The molecular formula is C25H22F4N4O3. The molecule has 11 heteroatoms. The molecule has 0 aliphatic carbocycles. The quantitative estimate of drug-likeness (QED) is 0.225. The van der Waals surface area contributed by atoms with Gasteiger partial charge in [-0.05, 0) is 66.1 Å². The lowest BCUT2D eigenvalue weighted by molar-refractivity contribution is -0.269. The largest absolute Gasteiger partial charge is 0.466 e. The second-order valence-electron chi connectivity index (χ2n) is 8.15. The lowest BCUT2D eigenvalue weighted by Crippen LogP contribution is -2.42. The van der Waals surface area contributed by atoms with Crippen LogP contribution in [-0.4, -0.2) is 43.8 Å². The van der Waals surface area contributed by atoms with Crippen LogP contribution < -0.4 is 0 Å². The lowest BCUT2D eigenvalue weighted by atomic mass is 9.96. The molecule has 0 aliphatic heterocycles. The standard InChI is InChI=1S/C25H22F4N4O3/c1-3-24(35,25(27,28)29)21-15-32(31-30-21)14-16-10-11-33-20(12-16)13-18(6-9-22(34)36-2)23(33)17-4-7-19(26)8-5-17/h4-13,15,35H,3,14H2,1-2H3/b9-6+. The number of carbonyl (C=O) groups is 1. The predicted molar refractivity (Wildman–Crippen MR) is 123 cm³/mol. The van der Waals surface area contributed by atoms with Gasteiger partial charge in [-0.1, -0.05) is 12.1 Å². The maximum atomic E-state index is 13.5. The van der Waals surface area contributed by atoms with Crippen molar-refractivity contribution in [2.24, 2.45) is 0 Å². The van der Waals surface area contributed by atoms with Crippen LogP contribution in [0, 0.1) is 5.82 Å². The minimum atomic E-state index is -4.89. The number of hydrogen-bond donors (Lipinski definition) is 1. The van der Waals surface area contributed by atoms with Gasteiger partial charge in [0.25, 0.3) is 0 Å². The smallest absolute Gasteiger partial charge is 0.423 e. The Kier molecular flexibility index (Phi) is 6.68. The Morgan fingerprint density at radius 3 is 2.53 bits per heavy atom. The number of pyridine rings is 1. The van der Waals surface area contributed by atoms with E-state index in [1.807, 2.05) is 10.5 Å². The van der Waals surface area contributed by atoms with Crippen molar-refractivity contribution in [1.29, 1.82) is 0 Å². The highest BCUT2D eigenvalue weighted by atomic mass is 19.4. The van der Waals surface area contributed by atoms with Crippen LogP contribution in [0.25, 0.3) is 22.9 Å². The molecule has 3 aromatic heterocycles. The van der Waals surface area contributed by atoms with Crippen molar-refractivity contribution in [3.8, 4) is 11.3 Å². The normalized spacial score (nSPS) is 13.9. The number of aromatic nitrogens is 4. The Hall–Kier alpha value is -3.99. The van der Waals surface area contributed by atoms with Crippen LogP contribution in [0.2, 0.25) is 0 Å². The molecule has 0 bridgehead atoms. The summed E-state index contributed by atoms with van der Waals surface area (Å²) in [5.74, 6) is -0.926. The number of nitrogens with zero attached hydrogens (tertiary/aromatic N) is 4. The van der Waals surface area contributed by atoms with Crippen LogP contribution in [0.3, 0.4) is 0 Å². The van der Waals surface area contributed by atoms with Crippen molar-refractivity contribution in [1.82, 2.24) is 19.4 Å². The second kappa shape index (κ2) is 9.57. The summed E-state index contributed by atoms with van der Waals surface area (Å²) in [7, 11) is 1.27. The van der Waals surface area contributed by atoms with Gasteiger partial charge in [-0.2, -0.15) is 13.2 Å². The average molecular weight is 502 g/mol. The summed E-state index contributed by atoms with van der Waals surface area (Å²) in [6, 6.07) is 11.3. The van der Waals surface area contributed by atoms with E-state index in [2.05, 4.69) is 15.0 Å². The Labute approximate surface area is 203 Å². The molecule has 0 spiro atoms. The third-order valence-corrected chi connectivity index (χ3v) is 5.87. The van der Waals surface area contributed by atoms with E-state index in [0.717, 1.165) is 11.7 Å². The topological polar surface area (TPSA) is 81.7 Å². The maximum Gasteiger partial charge on any atom is 0.423 e. The summed E-state index contributed by atoms with van der Waals surface area (Å²) in [4.78, 5) is 11.6. The predicted octanol–water partition coefficient (Wildman–Crippen LogP) is 4.73. The van der Waals surface area contributed by atoms with E-state index < -0.39 is 29.9 Å².